The summed E-state index contributed by atoms with van der Waals surface area (Å²) >= 11 is 9.31. The van der Waals surface area contributed by atoms with Gasteiger partial charge in [0.05, 0.1) is 4.83 Å². The molecule has 0 heterocycles. The highest BCUT2D eigenvalue weighted by Crippen LogP contribution is 2.33. The van der Waals surface area contributed by atoms with Crippen LogP contribution >= 0.6 is 47.8 Å². The number of hydrogen-bond acceptors (Lipinski definition) is 1. The molecule has 50 valence electrons. The Labute approximate surface area is 74.2 Å². The van der Waals surface area contributed by atoms with E-state index in [-0.39, 0.29) is 4.83 Å². The van der Waals surface area contributed by atoms with Crippen LogP contribution in [0.1, 0.15) is 13.3 Å². The molecule has 0 radical (unpaired) electrons. The van der Waals surface area contributed by atoms with Gasteiger partial charge in [0.15, 0.2) is 3.42 Å². The zero-order valence-corrected chi connectivity index (χ0v) is 9.12. The second kappa shape index (κ2) is 3.54. The molecule has 0 aliphatic carbocycles. The van der Waals surface area contributed by atoms with Crippen LogP contribution in [0.5, 0.6) is 0 Å². The first-order chi connectivity index (χ1) is 3.48. The van der Waals surface area contributed by atoms with Crippen LogP contribution in [0.25, 0.3) is 0 Å². The Hall–Kier alpha value is 1.40. The highest BCUT2D eigenvalue weighted by Gasteiger charge is 2.26. The molecular formula is C4H7Br3O. The molecule has 0 aliphatic rings. The van der Waals surface area contributed by atoms with Crippen molar-refractivity contribution in [2.24, 2.45) is 0 Å². The highest BCUT2D eigenvalue weighted by molar-refractivity contribution is 9.26. The monoisotopic (exact) mass is 308 g/mol. The summed E-state index contributed by atoms with van der Waals surface area (Å²) in [6.07, 6.45) is 0.868. The maximum Gasteiger partial charge on any atom is 0.187 e. The third-order valence-electron chi connectivity index (χ3n) is 0.735. The van der Waals surface area contributed by atoms with E-state index in [0.717, 1.165) is 6.42 Å². The molecule has 0 saturated carbocycles. The van der Waals surface area contributed by atoms with Crippen molar-refractivity contribution < 1.29 is 5.11 Å². The van der Waals surface area contributed by atoms with Gasteiger partial charge in [0.2, 0.25) is 0 Å². The lowest BCUT2D eigenvalue weighted by atomic mass is 10.4. The second-order valence-electron chi connectivity index (χ2n) is 1.46. The lowest BCUT2D eigenvalue weighted by Crippen LogP contribution is -2.22. The normalized spacial score (nSPS) is 16.1. The molecule has 0 amide bonds. The topological polar surface area (TPSA) is 20.2 Å². The van der Waals surface area contributed by atoms with Crippen molar-refractivity contribution >= 4 is 47.8 Å². The number of halogens is 3. The predicted molar refractivity (Wildman–Crippen MR) is 45.8 cm³/mol. The van der Waals surface area contributed by atoms with E-state index in [1.807, 2.05) is 6.92 Å². The maximum absolute atomic E-state index is 9.07. The van der Waals surface area contributed by atoms with Gasteiger partial charge in [-0.1, -0.05) is 22.9 Å². The van der Waals surface area contributed by atoms with Crippen LogP contribution in [0.15, 0.2) is 0 Å². The summed E-state index contributed by atoms with van der Waals surface area (Å²) in [6.45, 7) is 1.98. The van der Waals surface area contributed by atoms with Gasteiger partial charge in [0.25, 0.3) is 0 Å². The van der Waals surface area contributed by atoms with E-state index in [4.69, 9.17) is 5.11 Å². The first kappa shape index (κ1) is 9.40. The van der Waals surface area contributed by atoms with E-state index in [1.54, 1.807) is 0 Å². The van der Waals surface area contributed by atoms with Crippen molar-refractivity contribution in [1.29, 1.82) is 0 Å². The molecule has 0 spiro atoms. The summed E-state index contributed by atoms with van der Waals surface area (Å²) in [5.41, 5.74) is 0. The van der Waals surface area contributed by atoms with Gasteiger partial charge in [-0.2, -0.15) is 0 Å². The standard InChI is InChI=1S/C4H7Br3O/c1-2-3(5)4(6,7)8/h3,8H,2H2,1H3. The molecule has 0 aromatic heterocycles. The Morgan fingerprint density at radius 3 is 2.00 bits per heavy atom. The predicted octanol–water partition coefficient (Wildman–Crippen LogP) is 2.60. The van der Waals surface area contributed by atoms with Crippen molar-refractivity contribution in [3.05, 3.63) is 0 Å². The summed E-state index contributed by atoms with van der Waals surface area (Å²) in [4.78, 5) is 0.0509. The lowest BCUT2D eigenvalue weighted by Gasteiger charge is -2.17. The number of rotatable bonds is 2. The van der Waals surface area contributed by atoms with E-state index < -0.39 is 3.42 Å². The minimum atomic E-state index is -0.950. The number of aliphatic hydroxyl groups is 1. The van der Waals surface area contributed by atoms with Crippen molar-refractivity contribution in [3.8, 4) is 0 Å². The van der Waals surface area contributed by atoms with Crippen molar-refractivity contribution in [1.82, 2.24) is 0 Å². The Bertz CT molecular complexity index is 68.2. The van der Waals surface area contributed by atoms with E-state index in [9.17, 15) is 0 Å². The zero-order valence-electron chi connectivity index (χ0n) is 4.37. The minimum absolute atomic E-state index is 0.0509. The van der Waals surface area contributed by atoms with Gasteiger partial charge < -0.3 is 5.11 Å². The van der Waals surface area contributed by atoms with Crippen LogP contribution in [0.4, 0.5) is 0 Å². The van der Waals surface area contributed by atoms with E-state index in [0.29, 0.717) is 0 Å². The van der Waals surface area contributed by atoms with Crippen LogP contribution in [-0.4, -0.2) is 13.4 Å². The molecule has 8 heavy (non-hydrogen) atoms. The van der Waals surface area contributed by atoms with Gasteiger partial charge in [-0.3, -0.25) is 0 Å². The summed E-state index contributed by atoms with van der Waals surface area (Å²) < 4.78 is -0.950. The molecule has 1 N–H and O–H groups in total. The van der Waals surface area contributed by atoms with Crippen LogP contribution in [0.3, 0.4) is 0 Å². The third-order valence-corrected chi connectivity index (χ3v) is 4.38. The first-order valence-electron chi connectivity index (χ1n) is 2.22. The molecular weight excluding hydrogens is 304 g/mol. The number of alkyl halides is 3. The van der Waals surface area contributed by atoms with Crippen molar-refractivity contribution in [3.63, 3.8) is 0 Å². The SMILES string of the molecule is CCC(Br)C(O)(Br)Br. The van der Waals surface area contributed by atoms with Crippen LogP contribution < -0.4 is 0 Å². The smallest absolute Gasteiger partial charge is 0.187 e. The minimum Gasteiger partial charge on any atom is -0.368 e. The van der Waals surface area contributed by atoms with Crippen molar-refractivity contribution in [2.75, 3.05) is 0 Å². The van der Waals surface area contributed by atoms with E-state index in [2.05, 4.69) is 47.8 Å². The van der Waals surface area contributed by atoms with E-state index >= 15 is 0 Å². The van der Waals surface area contributed by atoms with Gasteiger partial charge in [-0.05, 0) is 38.3 Å². The maximum atomic E-state index is 9.07. The molecule has 0 rings (SSSR count). The fraction of sp³-hybridized carbons (Fsp3) is 1.00. The molecule has 0 bridgehead atoms. The van der Waals surface area contributed by atoms with Gasteiger partial charge in [0.1, 0.15) is 0 Å². The summed E-state index contributed by atoms with van der Waals surface area (Å²) in [6, 6.07) is 0. The third kappa shape index (κ3) is 3.43. The second-order valence-corrected chi connectivity index (χ2v) is 6.05. The molecule has 0 aromatic rings. The van der Waals surface area contributed by atoms with Gasteiger partial charge in [-0.25, -0.2) is 0 Å². The van der Waals surface area contributed by atoms with Crippen LogP contribution in [0, 0.1) is 0 Å². The molecule has 0 aliphatic heterocycles. The summed E-state index contributed by atoms with van der Waals surface area (Å²) in [5.74, 6) is 0. The van der Waals surface area contributed by atoms with Crippen molar-refractivity contribution in [2.45, 2.75) is 21.6 Å². The largest absolute Gasteiger partial charge is 0.368 e. The average molecular weight is 311 g/mol. The Morgan fingerprint density at radius 2 is 2.00 bits per heavy atom. The van der Waals surface area contributed by atoms with Crippen LogP contribution in [-0.2, 0) is 0 Å². The zero-order chi connectivity index (χ0) is 6.78. The number of hydrogen-bond donors (Lipinski definition) is 1. The van der Waals surface area contributed by atoms with Crippen LogP contribution in [0.2, 0.25) is 0 Å². The molecule has 4 heteroatoms. The molecule has 0 fully saturated rings. The molecule has 1 unspecified atom stereocenters. The highest BCUT2D eigenvalue weighted by atomic mass is 79.9. The average Bonchev–Trinajstić information content (AvgIpc) is 1.62. The Balaban J connectivity index is 3.62. The first-order valence-corrected chi connectivity index (χ1v) is 4.73. The summed E-state index contributed by atoms with van der Waals surface area (Å²) in [5, 5.41) is 9.07. The quantitative estimate of drug-likeness (QED) is 0.777. The summed E-state index contributed by atoms with van der Waals surface area (Å²) in [7, 11) is 0. The molecule has 0 aromatic carbocycles. The molecule has 0 saturated heterocycles. The van der Waals surface area contributed by atoms with Gasteiger partial charge >= 0.3 is 0 Å². The fourth-order valence-electron chi connectivity index (χ4n) is 0.246. The molecule has 1 nitrogen and oxygen atoms in total. The molecule has 1 atom stereocenters. The van der Waals surface area contributed by atoms with E-state index in [1.165, 1.54) is 0 Å². The fourth-order valence-corrected chi connectivity index (χ4v) is 0.893. The van der Waals surface area contributed by atoms with Gasteiger partial charge in [0, 0.05) is 0 Å². The Morgan fingerprint density at radius 1 is 1.62 bits per heavy atom. The van der Waals surface area contributed by atoms with Gasteiger partial charge in [-0.15, -0.1) is 0 Å². The Kier molecular flexibility index (Phi) is 4.16. The lowest BCUT2D eigenvalue weighted by molar-refractivity contribution is 0.241.